The van der Waals surface area contributed by atoms with E-state index in [4.69, 9.17) is 16.2 Å². The van der Waals surface area contributed by atoms with Crippen LogP contribution >= 0.6 is 33.3 Å². The molecule has 0 aromatic heterocycles. The van der Waals surface area contributed by atoms with Crippen molar-refractivity contribution in [3.63, 3.8) is 0 Å². The van der Waals surface area contributed by atoms with Gasteiger partial charge in [0.1, 0.15) is 0 Å². The summed E-state index contributed by atoms with van der Waals surface area (Å²) < 4.78 is 22.9. The Morgan fingerprint density at radius 3 is 2.67 bits per heavy atom. The molecular weight excluding hydrogens is 353 g/mol. The topological polar surface area (TPSA) is 82.9 Å². The summed E-state index contributed by atoms with van der Waals surface area (Å²) in [7, 11) is 1.46. The average molecular weight is 358 g/mol. The fourth-order valence-electron chi connectivity index (χ4n) is 0.966. The number of halogens is 2. The zero-order valence-corrected chi connectivity index (χ0v) is 11.0. The van der Waals surface area contributed by atoms with E-state index in [9.17, 15) is 8.42 Å². The first-order chi connectivity index (χ1) is 6.93. The molecule has 80 valence electrons. The largest absolute Gasteiger partial charge is 0.261 e. The van der Waals surface area contributed by atoms with Gasteiger partial charge < -0.3 is 0 Å². The van der Waals surface area contributed by atoms with Crippen LogP contribution in [0.4, 0.5) is 0 Å². The smallest absolute Gasteiger partial charge is 0.207 e. The Hall–Kier alpha value is -0.500. The molecule has 8 heteroatoms. The van der Waals surface area contributed by atoms with Gasteiger partial charge in [-0.05, 0) is 51.9 Å². The van der Waals surface area contributed by atoms with Crippen molar-refractivity contribution in [1.29, 1.82) is 0 Å². The molecule has 0 bridgehead atoms. The summed E-state index contributed by atoms with van der Waals surface area (Å²) in [4.78, 5) is 2.61. The Bertz CT molecular complexity index is 525. The summed E-state index contributed by atoms with van der Waals surface area (Å²) in [5, 5.41) is 3.35. The van der Waals surface area contributed by atoms with E-state index in [0.29, 0.717) is 5.56 Å². The van der Waals surface area contributed by atoms with Gasteiger partial charge in [-0.3, -0.25) is 0 Å². The molecule has 0 atom stereocenters. The lowest BCUT2D eigenvalue weighted by Crippen LogP contribution is -1.94. The lowest BCUT2D eigenvalue weighted by molar-refractivity contribution is 0.609. The summed E-state index contributed by atoms with van der Waals surface area (Å²) in [5.41, 5.74) is 8.75. The van der Waals surface area contributed by atoms with Crippen LogP contribution in [0.2, 0.25) is 0 Å². The van der Waals surface area contributed by atoms with E-state index in [1.165, 1.54) is 12.1 Å². The molecule has 1 aromatic carbocycles. The van der Waals surface area contributed by atoms with Crippen LogP contribution in [0.1, 0.15) is 5.56 Å². The maximum Gasteiger partial charge on any atom is 0.261 e. The van der Waals surface area contributed by atoms with Crippen LogP contribution in [0.3, 0.4) is 0 Å². The molecule has 0 heterocycles. The SMILES string of the molecule is [N-]=[N+]=NCc1cc(I)cc(S(=O)(=O)Cl)c1. The van der Waals surface area contributed by atoms with Gasteiger partial charge in [-0.25, -0.2) is 8.42 Å². The summed E-state index contributed by atoms with van der Waals surface area (Å²) >= 11 is 1.96. The molecule has 0 aliphatic heterocycles. The summed E-state index contributed by atoms with van der Waals surface area (Å²) in [5.74, 6) is 0. The highest BCUT2D eigenvalue weighted by Crippen LogP contribution is 2.20. The molecule has 1 rings (SSSR count). The average Bonchev–Trinajstić information content (AvgIpc) is 2.12. The number of rotatable bonds is 3. The first-order valence-electron chi connectivity index (χ1n) is 3.68. The summed E-state index contributed by atoms with van der Waals surface area (Å²) in [6, 6.07) is 4.56. The first-order valence-corrected chi connectivity index (χ1v) is 7.07. The van der Waals surface area contributed by atoms with E-state index in [1.807, 2.05) is 22.6 Å². The van der Waals surface area contributed by atoms with Crippen LogP contribution in [-0.2, 0) is 15.6 Å². The molecule has 15 heavy (non-hydrogen) atoms. The van der Waals surface area contributed by atoms with Crippen molar-refractivity contribution in [2.24, 2.45) is 5.11 Å². The third kappa shape index (κ3) is 3.86. The molecule has 5 nitrogen and oxygen atoms in total. The molecule has 1 aromatic rings. The minimum Gasteiger partial charge on any atom is -0.207 e. The quantitative estimate of drug-likeness (QED) is 0.274. The van der Waals surface area contributed by atoms with Crippen molar-refractivity contribution in [1.82, 2.24) is 0 Å². The van der Waals surface area contributed by atoms with Gasteiger partial charge in [0, 0.05) is 19.2 Å². The molecule has 0 aliphatic carbocycles. The highest BCUT2D eigenvalue weighted by atomic mass is 127. The Labute approximate surface area is 105 Å². The molecule has 0 fully saturated rings. The Morgan fingerprint density at radius 2 is 2.13 bits per heavy atom. The summed E-state index contributed by atoms with van der Waals surface area (Å²) in [6.45, 7) is 0.104. The fraction of sp³-hybridized carbons (Fsp3) is 0.143. The standard InChI is InChI=1S/C7H5ClIN3O2S/c8-15(13,14)7-2-5(4-11-12-10)1-6(9)3-7/h1-3H,4H2. The van der Waals surface area contributed by atoms with E-state index in [-0.39, 0.29) is 11.4 Å². The van der Waals surface area contributed by atoms with E-state index in [1.54, 1.807) is 6.07 Å². The number of hydrogen-bond donors (Lipinski definition) is 0. The highest BCUT2D eigenvalue weighted by molar-refractivity contribution is 14.1. The van der Waals surface area contributed by atoms with Gasteiger partial charge in [0.15, 0.2) is 0 Å². The molecular formula is C7H5ClIN3O2S. The maximum absolute atomic E-state index is 11.1. The second-order valence-electron chi connectivity index (χ2n) is 2.62. The molecule has 0 radical (unpaired) electrons. The second kappa shape index (κ2) is 5.02. The van der Waals surface area contributed by atoms with Crippen molar-refractivity contribution in [2.75, 3.05) is 0 Å². The van der Waals surface area contributed by atoms with E-state index in [2.05, 4.69) is 10.0 Å². The van der Waals surface area contributed by atoms with Gasteiger partial charge in [0.05, 0.1) is 11.4 Å². The van der Waals surface area contributed by atoms with Crippen LogP contribution in [-0.4, -0.2) is 8.42 Å². The number of azide groups is 1. The van der Waals surface area contributed by atoms with E-state index in [0.717, 1.165) is 3.57 Å². The van der Waals surface area contributed by atoms with Crippen molar-refractivity contribution in [3.8, 4) is 0 Å². The number of nitrogens with zero attached hydrogens (tertiary/aromatic N) is 3. The van der Waals surface area contributed by atoms with Crippen molar-refractivity contribution in [2.45, 2.75) is 11.4 Å². The zero-order valence-electron chi connectivity index (χ0n) is 7.26. The summed E-state index contributed by atoms with van der Waals surface area (Å²) in [6.07, 6.45) is 0. The number of hydrogen-bond acceptors (Lipinski definition) is 3. The first kappa shape index (κ1) is 12.6. The van der Waals surface area contributed by atoms with Gasteiger partial charge in [-0.2, -0.15) is 0 Å². The monoisotopic (exact) mass is 357 g/mol. The third-order valence-corrected chi connectivity index (χ3v) is 3.49. The fourth-order valence-corrected chi connectivity index (χ4v) is 2.74. The van der Waals surface area contributed by atoms with Crippen LogP contribution in [0.25, 0.3) is 10.4 Å². The normalized spacial score (nSPS) is 10.8. The molecule has 0 saturated carbocycles. The predicted octanol–water partition coefficient (Wildman–Crippen LogP) is 3.03. The van der Waals surface area contributed by atoms with Crippen molar-refractivity contribution >= 4 is 42.3 Å². The molecule has 0 unspecified atom stereocenters. The second-order valence-corrected chi connectivity index (χ2v) is 6.43. The van der Waals surface area contributed by atoms with Crippen LogP contribution < -0.4 is 0 Å². The van der Waals surface area contributed by atoms with Gasteiger partial charge >= 0.3 is 0 Å². The lowest BCUT2D eigenvalue weighted by Gasteiger charge is -2.01. The zero-order chi connectivity index (χ0) is 11.5. The molecule has 0 spiro atoms. The van der Waals surface area contributed by atoms with Gasteiger partial charge in [0.25, 0.3) is 9.05 Å². The van der Waals surface area contributed by atoms with Crippen LogP contribution in [0.5, 0.6) is 0 Å². The van der Waals surface area contributed by atoms with E-state index >= 15 is 0 Å². The highest BCUT2D eigenvalue weighted by Gasteiger charge is 2.11. The van der Waals surface area contributed by atoms with Crippen molar-refractivity contribution in [3.05, 3.63) is 37.8 Å². The van der Waals surface area contributed by atoms with Gasteiger partial charge in [0.2, 0.25) is 0 Å². The molecule has 0 N–H and O–H groups in total. The Kier molecular flexibility index (Phi) is 4.21. The van der Waals surface area contributed by atoms with Crippen LogP contribution in [0.15, 0.2) is 28.2 Å². The predicted molar refractivity (Wildman–Crippen MR) is 65.0 cm³/mol. The minimum absolute atomic E-state index is 0.0132. The van der Waals surface area contributed by atoms with Gasteiger partial charge in [-0.1, -0.05) is 5.11 Å². The maximum atomic E-state index is 11.1. The molecule has 0 saturated heterocycles. The Morgan fingerprint density at radius 1 is 1.47 bits per heavy atom. The van der Waals surface area contributed by atoms with Crippen molar-refractivity contribution < 1.29 is 8.42 Å². The third-order valence-electron chi connectivity index (χ3n) is 1.53. The number of benzene rings is 1. The Balaban J connectivity index is 3.22. The van der Waals surface area contributed by atoms with Crippen LogP contribution in [0, 0.1) is 3.57 Å². The molecule has 0 amide bonds. The molecule has 0 aliphatic rings. The lowest BCUT2D eigenvalue weighted by atomic mass is 10.2. The van der Waals surface area contributed by atoms with E-state index < -0.39 is 9.05 Å². The van der Waals surface area contributed by atoms with Gasteiger partial charge in [-0.15, -0.1) is 0 Å². The minimum atomic E-state index is -3.74.